The molecule has 0 aliphatic carbocycles. The van der Waals surface area contributed by atoms with E-state index in [0.717, 1.165) is 13.2 Å². The van der Waals surface area contributed by atoms with Crippen molar-refractivity contribution in [2.75, 3.05) is 13.2 Å². The van der Waals surface area contributed by atoms with Gasteiger partial charge in [-0.2, -0.15) is 0 Å². The topological polar surface area (TPSA) is 9.23 Å². The highest BCUT2D eigenvalue weighted by Crippen LogP contribution is 2.01. The molecular formula is C11H26OSi. The Morgan fingerprint density at radius 1 is 0.923 bits per heavy atom. The summed E-state index contributed by atoms with van der Waals surface area (Å²) >= 11 is 0. The zero-order valence-corrected chi connectivity index (χ0v) is 10.8. The average Bonchev–Trinajstić information content (AvgIpc) is 2.09. The van der Waals surface area contributed by atoms with Gasteiger partial charge in [0.25, 0.3) is 0 Å². The molecule has 13 heavy (non-hydrogen) atoms. The molecule has 0 amide bonds. The SMILES string of the molecule is CCCCCCOCCC[SiH](C)C. The molecule has 0 fully saturated rings. The van der Waals surface area contributed by atoms with Gasteiger partial charge in [0.05, 0.1) is 0 Å². The van der Waals surface area contributed by atoms with Crippen molar-refractivity contribution in [2.45, 2.75) is 58.2 Å². The lowest BCUT2D eigenvalue weighted by Crippen LogP contribution is -2.03. The van der Waals surface area contributed by atoms with Crippen LogP contribution < -0.4 is 0 Å². The largest absolute Gasteiger partial charge is 0.381 e. The highest BCUT2D eigenvalue weighted by Gasteiger charge is 1.95. The third-order valence-corrected chi connectivity index (χ3v) is 3.78. The normalized spacial score (nSPS) is 11.1. The van der Waals surface area contributed by atoms with E-state index in [0.29, 0.717) is 0 Å². The van der Waals surface area contributed by atoms with Gasteiger partial charge in [0, 0.05) is 22.0 Å². The molecule has 0 aromatic carbocycles. The fourth-order valence-electron chi connectivity index (χ4n) is 1.33. The summed E-state index contributed by atoms with van der Waals surface area (Å²) < 4.78 is 5.55. The Morgan fingerprint density at radius 2 is 1.62 bits per heavy atom. The van der Waals surface area contributed by atoms with E-state index in [-0.39, 0.29) is 8.80 Å². The van der Waals surface area contributed by atoms with Crippen molar-refractivity contribution in [2.24, 2.45) is 0 Å². The van der Waals surface area contributed by atoms with Crippen molar-refractivity contribution in [1.29, 1.82) is 0 Å². The predicted octanol–water partition coefficient (Wildman–Crippen LogP) is 3.46. The molecule has 0 aliphatic rings. The minimum atomic E-state index is -0.320. The lowest BCUT2D eigenvalue weighted by molar-refractivity contribution is 0.130. The Morgan fingerprint density at radius 3 is 2.23 bits per heavy atom. The van der Waals surface area contributed by atoms with E-state index >= 15 is 0 Å². The Labute approximate surface area is 85.5 Å². The summed E-state index contributed by atoms with van der Waals surface area (Å²) in [5, 5.41) is 0. The molecule has 1 nitrogen and oxygen atoms in total. The number of hydrogen-bond donors (Lipinski definition) is 0. The van der Waals surface area contributed by atoms with Gasteiger partial charge in [0.15, 0.2) is 0 Å². The van der Waals surface area contributed by atoms with E-state index in [9.17, 15) is 0 Å². The van der Waals surface area contributed by atoms with Gasteiger partial charge in [-0.05, 0) is 12.8 Å². The van der Waals surface area contributed by atoms with Gasteiger partial charge >= 0.3 is 0 Å². The van der Waals surface area contributed by atoms with Gasteiger partial charge < -0.3 is 4.74 Å². The van der Waals surface area contributed by atoms with Crippen LogP contribution in [0, 0.1) is 0 Å². The third kappa shape index (κ3) is 12.2. The maximum atomic E-state index is 5.55. The Hall–Kier alpha value is 0.177. The second-order valence-electron chi connectivity index (χ2n) is 4.21. The van der Waals surface area contributed by atoms with Crippen molar-refractivity contribution in [1.82, 2.24) is 0 Å². The summed E-state index contributed by atoms with van der Waals surface area (Å²) in [5.41, 5.74) is 0. The first-order chi connectivity index (χ1) is 6.27. The van der Waals surface area contributed by atoms with E-state index in [1.807, 2.05) is 0 Å². The van der Waals surface area contributed by atoms with Crippen LogP contribution in [-0.2, 0) is 4.74 Å². The van der Waals surface area contributed by atoms with Crippen molar-refractivity contribution < 1.29 is 4.74 Å². The molecule has 0 saturated heterocycles. The van der Waals surface area contributed by atoms with Crippen LogP contribution >= 0.6 is 0 Å². The summed E-state index contributed by atoms with van der Waals surface area (Å²) in [6, 6.07) is 1.44. The van der Waals surface area contributed by atoms with Crippen LogP contribution in [0.15, 0.2) is 0 Å². The molecule has 0 bridgehead atoms. The predicted molar refractivity (Wildman–Crippen MR) is 63.3 cm³/mol. The summed E-state index contributed by atoms with van der Waals surface area (Å²) in [6.45, 7) is 9.04. The van der Waals surface area contributed by atoms with Crippen LogP contribution in [0.25, 0.3) is 0 Å². The van der Waals surface area contributed by atoms with Crippen LogP contribution in [-0.4, -0.2) is 22.0 Å². The molecule has 0 atom stereocenters. The fraction of sp³-hybridized carbons (Fsp3) is 1.00. The van der Waals surface area contributed by atoms with Crippen molar-refractivity contribution in [3.63, 3.8) is 0 Å². The van der Waals surface area contributed by atoms with Gasteiger partial charge in [-0.1, -0.05) is 45.3 Å². The Bertz CT molecular complexity index is 94.1. The first-order valence-electron chi connectivity index (χ1n) is 5.85. The minimum Gasteiger partial charge on any atom is -0.381 e. The van der Waals surface area contributed by atoms with Crippen LogP contribution in [0.1, 0.15) is 39.0 Å². The molecule has 0 aliphatic heterocycles. The molecule has 0 aromatic heterocycles. The molecule has 0 saturated carbocycles. The molecular weight excluding hydrogens is 176 g/mol. The maximum Gasteiger partial charge on any atom is 0.0466 e. The minimum absolute atomic E-state index is 0.320. The smallest absolute Gasteiger partial charge is 0.0466 e. The number of unbranched alkanes of at least 4 members (excludes halogenated alkanes) is 3. The van der Waals surface area contributed by atoms with Gasteiger partial charge in [-0.3, -0.25) is 0 Å². The monoisotopic (exact) mass is 202 g/mol. The number of rotatable bonds is 9. The van der Waals surface area contributed by atoms with Crippen LogP contribution in [0.3, 0.4) is 0 Å². The molecule has 0 unspecified atom stereocenters. The zero-order valence-electron chi connectivity index (χ0n) is 9.64. The van der Waals surface area contributed by atoms with Gasteiger partial charge in [0.2, 0.25) is 0 Å². The average molecular weight is 202 g/mol. The number of ether oxygens (including phenoxy) is 1. The Balaban J connectivity index is 2.84. The quantitative estimate of drug-likeness (QED) is 0.411. The molecule has 2 heteroatoms. The molecule has 0 spiro atoms. The first kappa shape index (κ1) is 13.2. The summed E-state index contributed by atoms with van der Waals surface area (Å²) in [7, 11) is -0.320. The Kier molecular flexibility index (Phi) is 10.4. The second kappa shape index (κ2) is 10.3. The molecule has 0 N–H and O–H groups in total. The molecule has 0 heterocycles. The van der Waals surface area contributed by atoms with Crippen LogP contribution in [0.4, 0.5) is 0 Å². The van der Waals surface area contributed by atoms with E-state index < -0.39 is 0 Å². The summed E-state index contributed by atoms with van der Waals surface area (Å²) in [5.74, 6) is 0. The maximum absolute atomic E-state index is 5.55. The lowest BCUT2D eigenvalue weighted by Gasteiger charge is -2.04. The van der Waals surface area contributed by atoms with Crippen molar-refractivity contribution in [3.8, 4) is 0 Å². The second-order valence-corrected chi connectivity index (χ2v) is 7.57. The fourth-order valence-corrected chi connectivity index (χ4v) is 2.31. The van der Waals surface area contributed by atoms with Crippen molar-refractivity contribution in [3.05, 3.63) is 0 Å². The zero-order chi connectivity index (χ0) is 9.94. The van der Waals surface area contributed by atoms with Crippen molar-refractivity contribution >= 4 is 8.80 Å². The van der Waals surface area contributed by atoms with Gasteiger partial charge in [-0.15, -0.1) is 0 Å². The summed E-state index contributed by atoms with van der Waals surface area (Å²) in [6.07, 6.45) is 6.57. The van der Waals surface area contributed by atoms with Crippen LogP contribution in [0.2, 0.25) is 19.1 Å². The molecule has 0 radical (unpaired) electrons. The third-order valence-electron chi connectivity index (χ3n) is 2.21. The molecule has 0 aromatic rings. The molecule has 0 rings (SSSR count). The first-order valence-corrected chi connectivity index (χ1v) is 8.97. The highest BCUT2D eigenvalue weighted by molar-refractivity contribution is 6.55. The lowest BCUT2D eigenvalue weighted by atomic mass is 10.2. The van der Waals surface area contributed by atoms with Crippen LogP contribution in [0.5, 0.6) is 0 Å². The van der Waals surface area contributed by atoms with E-state index in [1.165, 1.54) is 38.1 Å². The number of hydrogen-bond acceptors (Lipinski definition) is 1. The highest BCUT2D eigenvalue weighted by atomic mass is 28.3. The molecule has 80 valence electrons. The van der Waals surface area contributed by atoms with E-state index in [1.54, 1.807) is 0 Å². The van der Waals surface area contributed by atoms with E-state index in [2.05, 4.69) is 20.0 Å². The van der Waals surface area contributed by atoms with E-state index in [4.69, 9.17) is 4.74 Å². The van der Waals surface area contributed by atoms with Gasteiger partial charge in [-0.25, -0.2) is 0 Å². The summed E-state index contributed by atoms with van der Waals surface area (Å²) in [4.78, 5) is 0. The standard InChI is InChI=1S/C11H26OSi/c1-4-5-6-7-9-12-10-8-11-13(2)3/h13H,4-11H2,1-3H3. The van der Waals surface area contributed by atoms with Gasteiger partial charge in [0.1, 0.15) is 0 Å².